The van der Waals surface area contributed by atoms with E-state index in [2.05, 4.69) is 42.5 Å². The summed E-state index contributed by atoms with van der Waals surface area (Å²) in [6.45, 7) is 7.82. The molecule has 0 bridgehead atoms. The van der Waals surface area contributed by atoms with Crippen LogP contribution in [-0.2, 0) is 60.8 Å². The van der Waals surface area contributed by atoms with E-state index in [1.165, 1.54) is 6.92 Å². The van der Waals surface area contributed by atoms with Crippen molar-refractivity contribution in [3.05, 3.63) is 71.8 Å². The first-order valence-electron chi connectivity index (χ1n) is 25.8. The zero-order valence-corrected chi connectivity index (χ0v) is 44.3. The van der Waals surface area contributed by atoms with Gasteiger partial charge in [-0.3, -0.25) is 43.2 Å². The predicted molar refractivity (Wildman–Crippen MR) is 283 cm³/mol. The molecule has 0 unspecified atom stereocenters. The third-order valence-electron chi connectivity index (χ3n) is 12.1. The predicted octanol–water partition coefficient (Wildman–Crippen LogP) is -2.00. The highest BCUT2D eigenvalue weighted by Crippen LogP contribution is 2.13. The minimum atomic E-state index is -1.63. The third kappa shape index (κ3) is 24.1. The van der Waals surface area contributed by atoms with E-state index in [4.69, 9.17) is 22.9 Å². The first-order chi connectivity index (χ1) is 36.0. The van der Waals surface area contributed by atoms with Gasteiger partial charge < -0.3 is 75.7 Å². The summed E-state index contributed by atoms with van der Waals surface area (Å²) < 4.78 is 0. The number of carbonyl (C=O) groups excluding carboxylic acids is 9. The van der Waals surface area contributed by atoms with Crippen molar-refractivity contribution in [3.8, 4) is 0 Å². The van der Waals surface area contributed by atoms with Crippen molar-refractivity contribution in [2.24, 2.45) is 34.8 Å². The van der Waals surface area contributed by atoms with Crippen molar-refractivity contribution < 1.29 is 58.2 Å². The Morgan fingerprint density at radius 2 is 0.855 bits per heavy atom. The van der Waals surface area contributed by atoms with Gasteiger partial charge in [0, 0.05) is 19.3 Å². The standard InChI is InChI=1S/C52H82N12O12/c1-30(2)26-38(61-49(72)39(60-44(67)32(5)55)27-33-16-8-6-9-17-33)48(71)63-41(29-65)50(73)64-43(31(3)4)51(74)59-36(21-13-15-25-54)46(69)57-35(20-12-14-24-53)45(68)58-37(22-23-42(56)66)47(70)62-40(52(75)76)28-34-18-10-7-11-19-34/h6-11,16-19,30-32,35-41,43,65H,12-15,20-29,53-55H2,1-5H3,(H2,56,66)(H,57,69)(H,58,68)(H,59,74)(H,60,67)(H,61,72)(H,62,70)(H,63,71)(H,64,73)(H,75,76)/t32-,35-,36-,37-,38-,39-,40-,41-,43-/m0/s1. The second-order valence-electron chi connectivity index (χ2n) is 19.6. The molecule has 18 N–H and O–H groups in total. The van der Waals surface area contributed by atoms with Gasteiger partial charge in [-0.25, -0.2) is 4.79 Å². The number of aliphatic carboxylic acids is 1. The summed E-state index contributed by atoms with van der Waals surface area (Å²) in [6, 6.07) is 5.50. The largest absolute Gasteiger partial charge is 0.480 e. The molecule has 0 aliphatic heterocycles. The molecule has 9 amide bonds. The van der Waals surface area contributed by atoms with Crippen molar-refractivity contribution in [1.29, 1.82) is 0 Å². The molecule has 0 aliphatic carbocycles. The Bertz CT molecular complexity index is 2200. The summed E-state index contributed by atoms with van der Waals surface area (Å²) in [6.07, 6.45) is 0.942. The average molecular weight is 1070 g/mol. The molecule has 2 rings (SSSR count). The monoisotopic (exact) mass is 1070 g/mol. The number of hydrogen-bond donors (Lipinski definition) is 14. The molecule has 24 nitrogen and oxygen atoms in total. The van der Waals surface area contributed by atoms with Gasteiger partial charge in [0.25, 0.3) is 0 Å². The van der Waals surface area contributed by atoms with Gasteiger partial charge in [0.05, 0.1) is 12.6 Å². The average Bonchev–Trinajstić information content (AvgIpc) is 3.37. The Balaban J connectivity index is 2.34. The number of amides is 9. The fourth-order valence-corrected chi connectivity index (χ4v) is 7.80. The topological polar surface area (TPSA) is 411 Å². The molecule has 0 saturated carbocycles. The van der Waals surface area contributed by atoms with Gasteiger partial charge in [-0.15, -0.1) is 0 Å². The van der Waals surface area contributed by atoms with E-state index in [1.54, 1.807) is 88.4 Å². The molecule has 24 heteroatoms. The number of carboxylic acids is 1. The normalized spacial score (nSPS) is 14.7. The number of aliphatic hydroxyl groups excluding tert-OH is 1. The summed E-state index contributed by atoms with van der Waals surface area (Å²) >= 11 is 0. The summed E-state index contributed by atoms with van der Waals surface area (Å²) in [5, 5.41) is 40.9. The summed E-state index contributed by atoms with van der Waals surface area (Å²) in [5.74, 6) is -9.51. The fourth-order valence-electron chi connectivity index (χ4n) is 7.80. The number of unbranched alkanes of at least 4 members (excludes halogenated alkanes) is 2. The molecule has 422 valence electrons. The Hall–Kier alpha value is -7.02. The maximum atomic E-state index is 14.2. The number of primary amides is 1. The van der Waals surface area contributed by atoms with Crippen LogP contribution in [-0.4, -0.2) is 143 Å². The molecule has 9 atom stereocenters. The van der Waals surface area contributed by atoms with Crippen LogP contribution in [0.3, 0.4) is 0 Å². The zero-order chi connectivity index (χ0) is 56.9. The van der Waals surface area contributed by atoms with Gasteiger partial charge >= 0.3 is 5.97 Å². The van der Waals surface area contributed by atoms with Gasteiger partial charge in [0.15, 0.2) is 0 Å². The number of benzene rings is 2. The van der Waals surface area contributed by atoms with Gasteiger partial charge in [0.1, 0.15) is 48.3 Å². The van der Waals surface area contributed by atoms with Crippen LogP contribution in [0.2, 0.25) is 0 Å². The summed E-state index contributed by atoms with van der Waals surface area (Å²) in [7, 11) is 0. The van der Waals surface area contributed by atoms with Crippen LogP contribution in [0.4, 0.5) is 0 Å². The van der Waals surface area contributed by atoms with Gasteiger partial charge in [-0.2, -0.15) is 0 Å². The smallest absolute Gasteiger partial charge is 0.326 e. The maximum absolute atomic E-state index is 14.2. The van der Waals surface area contributed by atoms with Crippen molar-refractivity contribution >= 4 is 59.1 Å². The molecule has 0 saturated heterocycles. The number of carbonyl (C=O) groups is 10. The van der Waals surface area contributed by atoms with E-state index in [1.807, 2.05) is 0 Å². The summed E-state index contributed by atoms with van der Waals surface area (Å²) in [5.41, 5.74) is 24.0. The lowest BCUT2D eigenvalue weighted by atomic mass is 10.00. The maximum Gasteiger partial charge on any atom is 0.326 e. The molecule has 0 fully saturated rings. The van der Waals surface area contributed by atoms with Crippen LogP contribution in [0, 0.1) is 11.8 Å². The van der Waals surface area contributed by atoms with Crippen LogP contribution in [0.15, 0.2) is 60.7 Å². The van der Waals surface area contributed by atoms with Crippen molar-refractivity contribution in [2.75, 3.05) is 19.7 Å². The molecule has 0 radical (unpaired) electrons. The quantitative estimate of drug-likeness (QED) is 0.0328. The number of carboxylic acid groups (broad SMARTS) is 1. The summed E-state index contributed by atoms with van der Waals surface area (Å²) in [4.78, 5) is 134. The van der Waals surface area contributed by atoms with Crippen molar-refractivity contribution in [1.82, 2.24) is 42.5 Å². The number of nitrogens with one attached hydrogen (secondary N) is 8. The molecular formula is C52H82N12O12. The first-order valence-corrected chi connectivity index (χ1v) is 25.8. The van der Waals surface area contributed by atoms with Crippen LogP contribution in [0.25, 0.3) is 0 Å². The van der Waals surface area contributed by atoms with Gasteiger partial charge in [0.2, 0.25) is 53.2 Å². The highest BCUT2D eigenvalue weighted by Gasteiger charge is 2.36. The Morgan fingerprint density at radius 1 is 0.474 bits per heavy atom. The van der Waals surface area contributed by atoms with Crippen LogP contribution in [0.5, 0.6) is 0 Å². The molecule has 2 aromatic carbocycles. The Labute approximate surface area is 444 Å². The number of rotatable bonds is 36. The fraction of sp³-hybridized carbons (Fsp3) is 0.577. The lowest BCUT2D eigenvalue weighted by Crippen LogP contribution is -2.61. The molecular weight excluding hydrogens is 985 g/mol. The van der Waals surface area contributed by atoms with E-state index in [9.17, 15) is 58.2 Å². The van der Waals surface area contributed by atoms with Crippen molar-refractivity contribution in [2.45, 2.75) is 160 Å². The SMILES string of the molecule is CC(C)C[C@H](NC(=O)[C@H](Cc1ccccc1)NC(=O)[C@H](C)N)C(=O)N[C@@H](CO)C(=O)N[C@H](C(=O)N[C@@H](CCCCN)C(=O)N[C@@H](CCCCN)C(=O)N[C@@H](CCC(N)=O)C(=O)N[C@@H](Cc1ccccc1)C(=O)O)C(C)C. The molecule has 2 aromatic rings. The van der Waals surface area contributed by atoms with Gasteiger partial charge in [-0.1, -0.05) is 88.4 Å². The van der Waals surface area contributed by atoms with Crippen LogP contribution < -0.4 is 65.5 Å². The van der Waals surface area contributed by atoms with Crippen LogP contribution in [0.1, 0.15) is 104 Å². The highest BCUT2D eigenvalue weighted by molar-refractivity contribution is 5.98. The minimum absolute atomic E-state index is 0.00715. The third-order valence-corrected chi connectivity index (χ3v) is 12.1. The van der Waals surface area contributed by atoms with Crippen molar-refractivity contribution in [3.63, 3.8) is 0 Å². The zero-order valence-electron chi connectivity index (χ0n) is 44.3. The molecule has 0 heterocycles. The second-order valence-corrected chi connectivity index (χ2v) is 19.6. The van der Waals surface area contributed by atoms with E-state index in [0.717, 1.165) is 0 Å². The van der Waals surface area contributed by atoms with E-state index in [0.29, 0.717) is 36.8 Å². The van der Waals surface area contributed by atoms with E-state index >= 15 is 0 Å². The lowest BCUT2D eigenvalue weighted by molar-refractivity contribution is -0.142. The second kappa shape index (κ2) is 34.5. The number of hydrogen-bond acceptors (Lipinski definition) is 14. The Kier molecular flexibility index (Phi) is 29.6. The van der Waals surface area contributed by atoms with E-state index < -0.39 is 126 Å². The Morgan fingerprint density at radius 3 is 1.28 bits per heavy atom. The van der Waals surface area contributed by atoms with Gasteiger partial charge in [-0.05, 0) is 94.3 Å². The number of aliphatic hydroxyl groups is 1. The first kappa shape index (κ1) is 65.1. The molecule has 76 heavy (non-hydrogen) atoms. The van der Waals surface area contributed by atoms with E-state index in [-0.39, 0.29) is 64.0 Å². The molecule has 0 aliphatic rings. The highest BCUT2D eigenvalue weighted by atomic mass is 16.4. The molecule has 0 aromatic heterocycles. The molecule has 0 spiro atoms. The van der Waals surface area contributed by atoms with Crippen LogP contribution >= 0.6 is 0 Å². The number of nitrogens with two attached hydrogens (primary N) is 4. The minimum Gasteiger partial charge on any atom is -0.480 e. The lowest BCUT2D eigenvalue weighted by Gasteiger charge is -2.29.